The van der Waals surface area contributed by atoms with Crippen LogP contribution in [0.3, 0.4) is 0 Å². The fourth-order valence-corrected chi connectivity index (χ4v) is 3.24. The van der Waals surface area contributed by atoms with Gasteiger partial charge in [-0.1, -0.05) is 32.0 Å². The van der Waals surface area contributed by atoms with Crippen LogP contribution in [0.5, 0.6) is 0 Å². The fraction of sp³-hybridized carbons (Fsp3) is 0.556. The molecule has 0 spiro atoms. The van der Waals surface area contributed by atoms with E-state index >= 15 is 0 Å². The van der Waals surface area contributed by atoms with E-state index in [1.54, 1.807) is 44.2 Å². The zero-order chi connectivity index (χ0) is 19.6. The summed E-state index contributed by atoms with van der Waals surface area (Å²) < 4.78 is 36.4. The Kier molecular flexibility index (Phi) is 9.12. The summed E-state index contributed by atoms with van der Waals surface area (Å²) in [6.45, 7) is 5.27. The van der Waals surface area contributed by atoms with Gasteiger partial charge in [-0.2, -0.15) is 0 Å². The Hall–Kier alpha value is -2.09. The van der Waals surface area contributed by atoms with Crippen molar-refractivity contribution in [3.8, 4) is 0 Å². The van der Waals surface area contributed by atoms with Gasteiger partial charge in [-0.15, -0.1) is 0 Å². The van der Waals surface area contributed by atoms with E-state index in [9.17, 15) is 18.0 Å². The first-order chi connectivity index (χ1) is 12.3. The molecule has 1 aromatic rings. The molecule has 1 aromatic carbocycles. The molecule has 2 atom stereocenters. The van der Waals surface area contributed by atoms with Crippen molar-refractivity contribution in [3.63, 3.8) is 0 Å². The number of carbonyl (C=O) groups is 2. The molecule has 0 aliphatic carbocycles. The molecule has 0 aromatic heterocycles. The number of para-hydroxylation sites is 1. The molecule has 2 unspecified atom stereocenters. The highest BCUT2D eigenvalue weighted by Crippen LogP contribution is 2.18. The minimum atomic E-state index is -3.61. The van der Waals surface area contributed by atoms with Crippen LogP contribution in [0.25, 0.3) is 0 Å². The molecule has 8 heteroatoms. The highest BCUT2D eigenvalue weighted by Gasteiger charge is 2.25. The Labute approximate surface area is 155 Å². The summed E-state index contributed by atoms with van der Waals surface area (Å²) in [5.74, 6) is -2.09. The molecular formula is C18H27NO6S. The lowest BCUT2D eigenvalue weighted by atomic mass is 9.94. The monoisotopic (exact) mass is 385 g/mol. The Morgan fingerprint density at radius 3 is 2.31 bits per heavy atom. The van der Waals surface area contributed by atoms with Gasteiger partial charge in [0.05, 0.1) is 18.4 Å². The van der Waals surface area contributed by atoms with Crippen LogP contribution in [0.2, 0.25) is 0 Å². The SMILES string of the molecule is CCOC(=O)C(CC)CC(C)C(=O)OCCS(=O)(=O)Nc1ccccc1. The molecule has 0 aliphatic heterocycles. The molecular weight excluding hydrogens is 358 g/mol. The second-order valence-corrected chi connectivity index (χ2v) is 7.79. The lowest BCUT2D eigenvalue weighted by molar-refractivity contribution is -0.151. The molecule has 7 nitrogen and oxygen atoms in total. The maximum Gasteiger partial charge on any atom is 0.308 e. The van der Waals surface area contributed by atoms with Gasteiger partial charge in [0.2, 0.25) is 10.0 Å². The van der Waals surface area contributed by atoms with Gasteiger partial charge < -0.3 is 9.47 Å². The molecule has 0 radical (unpaired) electrons. The highest BCUT2D eigenvalue weighted by molar-refractivity contribution is 7.92. The van der Waals surface area contributed by atoms with Gasteiger partial charge in [-0.3, -0.25) is 14.3 Å². The number of carbonyl (C=O) groups excluding carboxylic acids is 2. The maximum absolute atomic E-state index is 12.0. The van der Waals surface area contributed by atoms with Gasteiger partial charge in [0.15, 0.2) is 0 Å². The minimum Gasteiger partial charge on any atom is -0.466 e. The van der Waals surface area contributed by atoms with Crippen molar-refractivity contribution in [2.75, 3.05) is 23.7 Å². The number of esters is 2. The number of rotatable bonds is 11. The third-order valence-electron chi connectivity index (χ3n) is 3.80. The average Bonchev–Trinajstić information content (AvgIpc) is 2.59. The Balaban J connectivity index is 2.43. The molecule has 0 saturated carbocycles. The van der Waals surface area contributed by atoms with Crippen LogP contribution in [0.4, 0.5) is 5.69 Å². The molecule has 0 amide bonds. The third-order valence-corrected chi connectivity index (χ3v) is 5.05. The van der Waals surface area contributed by atoms with E-state index < -0.39 is 21.9 Å². The molecule has 0 saturated heterocycles. The van der Waals surface area contributed by atoms with Crippen LogP contribution in [-0.2, 0) is 29.1 Å². The summed E-state index contributed by atoms with van der Waals surface area (Å²) >= 11 is 0. The highest BCUT2D eigenvalue weighted by atomic mass is 32.2. The zero-order valence-corrected chi connectivity index (χ0v) is 16.3. The normalized spacial score (nSPS) is 13.5. The quantitative estimate of drug-likeness (QED) is 0.588. The number of ether oxygens (including phenoxy) is 2. The number of hydrogen-bond donors (Lipinski definition) is 1. The summed E-state index contributed by atoms with van der Waals surface area (Å²) in [6, 6.07) is 8.47. The molecule has 0 bridgehead atoms. The molecule has 0 aliphatic rings. The largest absolute Gasteiger partial charge is 0.466 e. The van der Waals surface area contributed by atoms with Crippen molar-refractivity contribution in [1.82, 2.24) is 0 Å². The predicted molar refractivity (Wildman–Crippen MR) is 99.0 cm³/mol. The standard InChI is InChI=1S/C18H27NO6S/c1-4-15(18(21)24-5-2)13-14(3)17(20)25-11-12-26(22,23)19-16-9-7-6-8-10-16/h6-10,14-15,19H,4-5,11-13H2,1-3H3. The van der Waals surface area contributed by atoms with Crippen LogP contribution in [0.1, 0.15) is 33.6 Å². The predicted octanol–water partition coefficient (Wildman–Crippen LogP) is 2.59. The summed E-state index contributed by atoms with van der Waals surface area (Å²) in [7, 11) is -3.61. The molecule has 1 N–H and O–H groups in total. The molecule has 1 rings (SSSR count). The Bertz CT molecular complexity index is 674. The summed E-state index contributed by atoms with van der Waals surface area (Å²) in [5, 5.41) is 0. The lowest BCUT2D eigenvalue weighted by Gasteiger charge is -2.17. The summed E-state index contributed by atoms with van der Waals surface area (Å²) in [5.41, 5.74) is 0.451. The van der Waals surface area contributed by atoms with E-state index in [1.165, 1.54) is 0 Å². The van der Waals surface area contributed by atoms with Gasteiger partial charge in [0.25, 0.3) is 0 Å². The van der Waals surface area contributed by atoms with E-state index in [1.807, 2.05) is 6.92 Å². The van der Waals surface area contributed by atoms with Crippen LogP contribution in [0.15, 0.2) is 30.3 Å². The van der Waals surface area contributed by atoms with Crippen LogP contribution < -0.4 is 4.72 Å². The van der Waals surface area contributed by atoms with Crippen molar-refractivity contribution in [1.29, 1.82) is 0 Å². The van der Waals surface area contributed by atoms with Gasteiger partial charge in [-0.05, 0) is 31.9 Å². The van der Waals surface area contributed by atoms with E-state index in [4.69, 9.17) is 9.47 Å². The topological polar surface area (TPSA) is 98.8 Å². The molecule has 26 heavy (non-hydrogen) atoms. The maximum atomic E-state index is 12.0. The van der Waals surface area contributed by atoms with E-state index in [0.717, 1.165) is 0 Å². The summed E-state index contributed by atoms with van der Waals surface area (Å²) in [4.78, 5) is 23.8. The Morgan fingerprint density at radius 1 is 1.08 bits per heavy atom. The van der Waals surface area contributed by atoms with E-state index in [2.05, 4.69) is 4.72 Å². The van der Waals surface area contributed by atoms with Crippen molar-refractivity contribution >= 4 is 27.6 Å². The number of anilines is 1. The fourth-order valence-electron chi connectivity index (χ4n) is 2.34. The van der Waals surface area contributed by atoms with Crippen molar-refractivity contribution < 1.29 is 27.5 Å². The van der Waals surface area contributed by atoms with Crippen LogP contribution >= 0.6 is 0 Å². The Morgan fingerprint density at radius 2 is 1.73 bits per heavy atom. The van der Waals surface area contributed by atoms with Crippen molar-refractivity contribution in [2.24, 2.45) is 11.8 Å². The van der Waals surface area contributed by atoms with E-state index in [-0.39, 0.29) is 24.2 Å². The van der Waals surface area contributed by atoms with Gasteiger partial charge in [0, 0.05) is 5.69 Å². The molecule has 146 valence electrons. The minimum absolute atomic E-state index is 0.248. The van der Waals surface area contributed by atoms with Gasteiger partial charge in [-0.25, -0.2) is 8.42 Å². The second-order valence-electron chi connectivity index (χ2n) is 5.95. The second kappa shape index (κ2) is 10.8. The van der Waals surface area contributed by atoms with Gasteiger partial charge >= 0.3 is 11.9 Å². The number of sulfonamides is 1. The van der Waals surface area contributed by atoms with E-state index in [0.29, 0.717) is 25.1 Å². The first-order valence-electron chi connectivity index (χ1n) is 8.67. The van der Waals surface area contributed by atoms with Crippen LogP contribution in [-0.4, -0.2) is 39.3 Å². The first kappa shape index (κ1) is 22.0. The van der Waals surface area contributed by atoms with Crippen molar-refractivity contribution in [3.05, 3.63) is 30.3 Å². The smallest absolute Gasteiger partial charge is 0.308 e. The van der Waals surface area contributed by atoms with Gasteiger partial charge in [0.1, 0.15) is 12.4 Å². The molecule has 0 fully saturated rings. The zero-order valence-electron chi connectivity index (χ0n) is 15.4. The van der Waals surface area contributed by atoms with Crippen LogP contribution in [0, 0.1) is 11.8 Å². The average molecular weight is 385 g/mol. The number of nitrogens with one attached hydrogen (secondary N) is 1. The summed E-state index contributed by atoms with van der Waals surface area (Å²) in [6.07, 6.45) is 0.870. The first-order valence-corrected chi connectivity index (χ1v) is 10.3. The number of benzene rings is 1. The molecule has 0 heterocycles. The van der Waals surface area contributed by atoms with Crippen molar-refractivity contribution in [2.45, 2.75) is 33.6 Å². The third kappa shape index (κ3) is 7.86. The number of hydrogen-bond acceptors (Lipinski definition) is 6. The lowest BCUT2D eigenvalue weighted by Crippen LogP contribution is -2.26.